The van der Waals surface area contributed by atoms with Crippen molar-refractivity contribution < 1.29 is 24.2 Å². The van der Waals surface area contributed by atoms with Gasteiger partial charge in [-0.1, -0.05) is 17.7 Å². The second kappa shape index (κ2) is 8.43. The van der Waals surface area contributed by atoms with Gasteiger partial charge >= 0.3 is 0 Å². The standard InChI is InChI=1S/C21H27NO4/c1-15-4-6-19(7-5-15)26-14-18(23)13-22-9-8-16-10-20(24-2)21(25-3)11-17(16)12-22/h4-7,10-11,18,23H,8-9,12-14H2,1-3H3/p+1/t18-/m0/s1. The van der Waals surface area contributed by atoms with Gasteiger partial charge in [0.15, 0.2) is 11.5 Å². The zero-order valence-electron chi connectivity index (χ0n) is 15.7. The van der Waals surface area contributed by atoms with Gasteiger partial charge in [0, 0.05) is 12.0 Å². The molecule has 0 saturated carbocycles. The summed E-state index contributed by atoms with van der Waals surface area (Å²) in [7, 11) is 3.32. The Kier molecular flexibility index (Phi) is 6.01. The van der Waals surface area contributed by atoms with Crippen LogP contribution in [0.4, 0.5) is 0 Å². The van der Waals surface area contributed by atoms with Crippen molar-refractivity contribution in [1.82, 2.24) is 0 Å². The Morgan fingerprint density at radius 2 is 1.69 bits per heavy atom. The number of aliphatic hydroxyl groups is 1. The van der Waals surface area contributed by atoms with Gasteiger partial charge in [0.1, 0.15) is 31.5 Å². The van der Waals surface area contributed by atoms with Crippen molar-refractivity contribution in [3.05, 3.63) is 53.1 Å². The summed E-state index contributed by atoms with van der Waals surface area (Å²) in [5.74, 6) is 2.34. The zero-order chi connectivity index (χ0) is 18.5. The van der Waals surface area contributed by atoms with E-state index in [4.69, 9.17) is 14.2 Å². The van der Waals surface area contributed by atoms with Crippen LogP contribution in [0.2, 0.25) is 0 Å². The van der Waals surface area contributed by atoms with E-state index in [0.717, 1.165) is 36.8 Å². The minimum atomic E-state index is -0.493. The Morgan fingerprint density at radius 1 is 1.04 bits per heavy atom. The normalized spacial score (nSPS) is 17.3. The molecule has 0 spiro atoms. The highest BCUT2D eigenvalue weighted by atomic mass is 16.5. The van der Waals surface area contributed by atoms with Gasteiger partial charge < -0.3 is 24.2 Å². The van der Waals surface area contributed by atoms with E-state index in [2.05, 4.69) is 12.1 Å². The number of ether oxygens (including phenoxy) is 3. The zero-order valence-corrected chi connectivity index (χ0v) is 15.7. The third-order valence-corrected chi connectivity index (χ3v) is 4.88. The predicted octanol–water partition coefficient (Wildman–Crippen LogP) is 1.39. The van der Waals surface area contributed by atoms with E-state index < -0.39 is 6.10 Å². The van der Waals surface area contributed by atoms with Gasteiger partial charge in [0.2, 0.25) is 0 Å². The Hall–Kier alpha value is -2.24. The molecule has 2 atom stereocenters. The molecule has 0 aromatic heterocycles. The fraction of sp³-hybridized carbons (Fsp3) is 0.429. The first-order chi connectivity index (χ1) is 12.6. The van der Waals surface area contributed by atoms with Crippen molar-refractivity contribution in [2.75, 3.05) is 33.9 Å². The van der Waals surface area contributed by atoms with Crippen LogP contribution in [0.1, 0.15) is 16.7 Å². The predicted molar refractivity (Wildman–Crippen MR) is 100 cm³/mol. The van der Waals surface area contributed by atoms with Crippen molar-refractivity contribution >= 4 is 0 Å². The molecule has 140 valence electrons. The molecule has 0 bridgehead atoms. The van der Waals surface area contributed by atoms with E-state index in [1.54, 1.807) is 14.2 Å². The molecule has 0 amide bonds. The summed E-state index contributed by atoms with van der Waals surface area (Å²) in [6, 6.07) is 12.0. The second-order valence-electron chi connectivity index (χ2n) is 6.88. The average Bonchev–Trinajstić information content (AvgIpc) is 2.66. The summed E-state index contributed by atoms with van der Waals surface area (Å²) in [5.41, 5.74) is 3.76. The van der Waals surface area contributed by atoms with Gasteiger partial charge in [-0.3, -0.25) is 0 Å². The highest BCUT2D eigenvalue weighted by Gasteiger charge is 2.24. The van der Waals surface area contributed by atoms with Crippen LogP contribution in [-0.4, -0.2) is 45.1 Å². The van der Waals surface area contributed by atoms with E-state index >= 15 is 0 Å². The van der Waals surface area contributed by atoms with Crippen molar-refractivity contribution in [3.63, 3.8) is 0 Å². The minimum absolute atomic E-state index is 0.311. The average molecular weight is 358 g/mol. The van der Waals surface area contributed by atoms with Crippen molar-refractivity contribution in [3.8, 4) is 17.2 Å². The van der Waals surface area contributed by atoms with E-state index in [-0.39, 0.29) is 0 Å². The number of nitrogens with one attached hydrogen (secondary N) is 1. The van der Waals surface area contributed by atoms with Gasteiger partial charge in [0.05, 0.1) is 20.8 Å². The third kappa shape index (κ3) is 4.48. The lowest BCUT2D eigenvalue weighted by atomic mass is 9.98. The summed E-state index contributed by atoms with van der Waals surface area (Å²) in [5, 5.41) is 10.4. The molecule has 26 heavy (non-hydrogen) atoms. The summed E-state index contributed by atoms with van der Waals surface area (Å²) in [6.45, 7) is 4.88. The van der Waals surface area contributed by atoms with E-state index in [9.17, 15) is 5.11 Å². The van der Waals surface area contributed by atoms with Crippen molar-refractivity contribution in [2.24, 2.45) is 0 Å². The molecular formula is C21H28NO4+. The van der Waals surface area contributed by atoms with Crippen molar-refractivity contribution in [2.45, 2.75) is 26.0 Å². The lowest BCUT2D eigenvalue weighted by Crippen LogP contribution is -3.13. The second-order valence-corrected chi connectivity index (χ2v) is 6.88. The molecule has 0 aliphatic carbocycles. The molecule has 3 rings (SSSR count). The summed E-state index contributed by atoms with van der Waals surface area (Å²) in [6.07, 6.45) is 0.476. The number of methoxy groups -OCH3 is 2. The summed E-state index contributed by atoms with van der Waals surface area (Å²) >= 11 is 0. The van der Waals surface area contributed by atoms with Gasteiger partial charge in [0.25, 0.3) is 0 Å². The van der Waals surface area contributed by atoms with E-state index in [1.807, 2.05) is 31.2 Å². The molecule has 0 saturated heterocycles. The maximum absolute atomic E-state index is 10.4. The molecule has 2 aromatic carbocycles. The number of hydrogen-bond acceptors (Lipinski definition) is 4. The van der Waals surface area contributed by atoms with Gasteiger partial charge in [-0.25, -0.2) is 0 Å². The first kappa shape index (κ1) is 18.5. The number of quaternary nitrogens is 1. The van der Waals surface area contributed by atoms with Crippen LogP contribution in [0.3, 0.4) is 0 Å². The number of hydrogen-bond donors (Lipinski definition) is 2. The Balaban J connectivity index is 1.55. The van der Waals surface area contributed by atoms with Crippen LogP contribution in [0.25, 0.3) is 0 Å². The molecule has 0 fully saturated rings. The lowest BCUT2D eigenvalue weighted by molar-refractivity contribution is -0.918. The Labute approximate surface area is 155 Å². The fourth-order valence-electron chi connectivity index (χ4n) is 3.42. The molecule has 1 unspecified atom stereocenters. The molecule has 1 aliphatic rings. The SMILES string of the molecule is COc1cc2c(cc1OC)C[NH+](C[C@H](O)COc1ccc(C)cc1)CC2. The summed E-state index contributed by atoms with van der Waals surface area (Å²) in [4.78, 5) is 1.35. The molecule has 1 aliphatic heterocycles. The van der Waals surface area contributed by atoms with Crippen LogP contribution in [-0.2, 0) is 13.0 Å². The maximum Gasteiger partial charge on any atom is 0.161 e. The lowest BCUT2D eigenvalue weighted by Gasteiger charge is -2.28. The van der Waals surface area contributed by atoms with Crippen LogP contribution >= 0.6 is 0 Å². The summed E-state index contributed by atoms with van der Waals surface area (Å²) < 4.78 is 16.5. The van der Waals surface area contributed by atoms with Gasteiger partial charge in [-0.2, -0.15) is 0 Å². The van der Waals surface area contributed by atoms with Crippen LogP contribution in [0.15, 0.2) is 36.4 Å². The molecular weight excluding hydrogens is 330 g/mol. The fourth-order valence-corrected chi connectivity index (χ4v) is 3.42. The molecule has 0 radical (unpaired) electrons. The number of rotatable bonds is 7. The van der Waals surface area contributed by atoms with Crippen LogP contribution in [0.5, 0.6) is 17.2 Å². The highest BCUT2D eigenvalue weighted by molar-refractivity contribution is 5.47. The number of aliphatic hydroxyl groups excluding tert-OH is 1. The molecule has 2 aromatic rings. The highest BCUT2D eigenvalue weighted by Crippen LogP contribution is 2.31. The minimum Gasteiger partial charge on any atom is -0.493 e. The monoisotopic (exact) mass is 358 g/mol. The topological polar surface area (TPSA) is 52.4 Å². The Morgan fingerprint density at radius 3 is 2.35 bits per heavy atom. The largest absolute Gasteiger partial charge is 0.493 e. The van der Waals surface area contributed by atoms with Gasteiger partial charge in [-0.05, 0) is 36.8 Å². The van der Waals surface area contributed by atoms with Gasteiger partial charge in [-0.15, -0.1) is 0 Å². The number of benzene rings is 2. The molecule has 5 heteroatoms. The Bertz CT molecular complexity index is 730. The van der Waals surface area contributed by atoms with Crippen molar-refractivity contribution in [1.29, 1.82) is 0 Å². The van der Waals surface area contributed by atoms with E-state index in [0.29, 0.717) is 13.2 Å². The maximum atomic E-state index is 10.4. The smallest absolute Gasteiger partial charge is 0.161 e. The third-order valence-electron chi connectivity index (χ3n) is 4.88. The molecule has 1 heterocycles. The number of aryl methyl sites for hydroxylation is 1. The molecule has 5 nitrogen and oxygen atoms in total. The first-order valence-electron chi connectivity index (χ1n) is 9.04. The van der Waals surface area contributed by atoms with Crippen LogP contribution < -0.4 is 19.1 Å². The number of fused-ring (bicyclic) bond motifs is 1. The molecule has 2 N–H and O–H groups in total. The quantitative estimate of drug-likeness (QED) is 0.786. The van der Waals surface area contributed by atoms with Crippen LogP contribution in [0, 0.1) is 6.92 Å². The first-order valence-corrected chi connectivity index (χ1v) is 9.04. The van der Waals surface area contributed by atoms with E-state index in [1.165, 1.54) is 21.6 Å².